The van der Waals surface area contributed by atoms with E-state index in [9.17, 15) is 9.59 Å². The number of nitrogens with two attached hydrogens (primary N) is 1. The van der Waals surface area contributed by atoms with Crippen LogP contribution in [-0.2, 0) is 4.79 Å². The van der Waals surface area contributed by atoms with Crippen LogP contribution in [0, 0.1) is 6.92 Å². The van der Waals surface area contributed by atoms with Crippen molar-refractivity contribution in [3.05, 3.63) is 53.7 Å². The minimum atomic E-state index is -0.926. The zero-order chi connectivity index (χ0) is 18.6. The second kappa shape index (κ2) is 7.68. The molecule has 5 nitrogen and oxygen atoms in total. The first-order valence-electron chi connectivity index (χ1n) is 9.16. The van der Waals surface area contributed by atoms with Gasteiger partial charge in [0.15, 0.2) is 0 Å². The fourth-order valence-electron chi connectivity index (χ4n) is 3.49. The summed E-state index contributed by atoms with van der Waals surface area (Å²) < 4.78 is 0. The number of carbonyl (C=O) groups is 2. The summed E-state index contributed by atoms with van der Waals surface area (Å²) in [6.07, 6.45) is 6.99. The van der Waals surface area contributed by atoms with Crippen molar-refractivity contribution in [3.8, 4) is 11.3 Å². The van der Waals surface area contributed by atoms with Crippen LogP contribution in [0.4, 0.5) is 0 Å². The first-order chi connectivity index (χ1) is 12.5. The number of pyridine rings is 1. The van der Waals surface area contributed by atoms with Crippen molar-refractivity contribution in [1.29, 1.82) is 0 Å². The quantitative estimate of drug-likeness (QED) is 0.828. The van der Waals surface area contributed by atoms with Gasteiger partial charge in [-0.2, -0.15) is 0 Å². The van der Waals surface area contributed by atoms with E-state index in [0.717, 1.165) is 42.5 Å². The average Bonchev–Trinajstić information content (AvgIpc) is 2.89. The van der Waals surface area contributed by atoms with Crippen LogP contribution in [-0.4, -0.2) is 22.3 Å². The van der Waals surface area contributed by atoms with Gasteiger partial charge in [0.05, 0.1) is 5.69 Å². The molecule has 3 N–H and O–H groups in total. The van der Waals surface area contributed by atoms with Crippen LogP contribution < -0.4 is 11.1 Å². The lowest BCUT2D eigenvalue weighted by atomic mass is 9.89. The zero-order valence-electron chi connectivity index (χ0n) is 15.1. The highest BCUT2D eigenvalue weighted by Crippen LogP contribution is 2.27. The molecular weight excluding hydrogens is 326 g/mol. The van der Waals surface area contributed by atoms with E-state index in [-0.39, 0.29) is 5.91 Å². The summed E-state index contributed by atoms with van der Waals surface area (Å²) in [4.78, 5) is 29.2. The number of primary amides is 1. The molecule has 1 aliphatic rings. The molecule has 0 unspecified atom stereocenters. The van der Waals surface area contributed by atoms with Crippen LogP contribution in [0.15, 0.2) is 42.6 Å². The molecule has 1 aliphatic carbocycles. The van der Waals surface area contributed by atoms with Gasteiger partial charge in [-0.25, -0.2) is 0 Å². The summed E-state index contributed by atoms with van der Waals surface area (Å²) in [6, 6.07) is 11.2. The summed E-state index contributed by atoms with van der Waals surface area (Å²) >= 11 is 0. The van der Waals surface area contributed by atoms with Crippen molar-refractivity contribution in [3.63, 3.8) is 0 Å². The van der Waals surface area contributed by atoms with Crippen molar-refractivity contribution in [2.24, 2.45) is 5.73 Å². The van der Waals surface area contributed by atoms with Crippen molar-refractivity contribution in [2.75, 3.05) is 0 Å². The molecule has 0 atom stereocenters. The van der Waals surface area contributed by atoms with Gasteiger partial charge >= 0.3 is 0 Å². The number of amides is 2. The van der Waals surface area contributed by atoms with E-state index in [4.69, 9.17) is 5.73 Å². The molecule has 2 aromatic rings. The van der Waals surface area contributed by atoms with Crippen molar-refractivity contribution in [2.45, 2.75) is 51.0 Å². The smallest absolute Gasteiger partial charge is 0.252 e. The molecule has 0 aliphatic heterocycles. The van der Waals surface area contributed by atoms with Crippen LogP contribution in [0.3, 0.4) is 0 Å². The number of benzene rings is 1. The molecule has 1 heterocycles. The van der Waals surface area contributed by atoms with Crippen molar-refractivity contribution < 1.29 is 9.59 Å². The van der Waals surface area contributed by atoms with E-state index in [1.807, 2.05) is 37.4 Å². The van der Waals surface area contributed by atoms with Gasteiger partial charge in [0.2, 0.25) is 5.91 Å². The predicted molar refractivity (Wildman–Crippen MR) is 102 cm³/mol. The molecule has 2 amide bonds. The van der Waals surface area contributed by atoms with Crippen LogP contribution in [0.1, 0.15) is 54.4 Å². The highest BCUT2D eigenvalue weighted by atomic mass is 16.2. The van der Waals surface area contributed by atoms with Gasteiger partial charge in [0.25, 0.3) is 5.91 Å². The molecule has 0 radical (unpaired) electrons. The van der Waals surface area contributed by atoms with E-state index in [2.05, 4.69) is 10.3 Å². The number of aromatic nitrogens is 1. The average molecular weight is 351 g/mol. The van der Waals surface area contributed by atoms with E-state index in [0.29, 0.717) is 18.4 Å². The van der Waals surface area contributed by atoms with Gasteiger partial charge in [-0.05, 0) is 43.5 Å². The molecule has 3 rings (SSSR count). The van der Waals surface area contributed by atoms with Gasteiger partial charge in [-0.1, -0.05) is 43.9 Å². The SMILES string of the molecule is Cc1ccc(-c2ccc(C(=O)NC3(C(N)=O)CCCCCC3)cc2)nc1. The Kier molecular flexibility index (Phi) is 5.35. The van der Waals surface area contributed by atoms with Gasteiger partial charge in [0.1, 0.15) is 5.54 Å². The third kappa shape index (κ3) is 3.93. The molecule has 0 spiro atoms. The van der Waals surface area contributed by atoms with Crippen LogP contribution in [0.25, 0.3) is 11.3 Å². The second-order valence-electron chi connectivity index (χ2n) is 7.11. The first kappa shape index (κ1) is 18.1. The standard InChI is InChI=1S/C21H25N3O2/c1-15-6-11-18(23-14-15)16-7-9-17(10-8-16)19(25)24-21(20(22)26)12-4-2-3-5-13-21/h6-11,14H,2-5,12-13H2,1H3,(H2,22,26)(H,24,25). The number of aryl methyl sites for hydroxylation is 1. The summed E-state index contributed by atoms with van der Waals surface area (Å²) in [5.74, 6) is -0.692. The Morgan fingerprint density at radius 1 is 1.00 bits per heavy atom. The normalized spacial score (nSPS) is 16.5. The Morgan fingerprint density at radius 2 is 1.65 bits per heavy atom. The minimum absolute atomic E-state index is 0.255. The fraction of sp³-hybridized carbons (Fsp3) is 0.381. The number of hydrogen-bond donors (Lipinski definition) is 2. The number of nitrogens with one attached hydrogen (secondary N) is 1. The molecular formula is C21H25N3O2. The number of carbonyl (C=O) groups excluding carboxylic acids is 2. The highest BCUT2D eigenvalue weighted by Gasteiger charge is 2.38. The largest absolute Gasteiger partial charge is 0.368 e. The Hall–Kier alpha value is -2.69. The lowest BCUT2D eigenvalue weighted by molar-refractivity contribution is -0.124. The van der Waals surface area contributed by atoms with Crippen molar-refractivity contribution in [1.82, 2.24) is 10.3 Å². The molecule has 1 saturated carbocycles. The topological polar surface area (TPSA) is 85.1 Å². The monoisotopic (exact) mass is 351 g/mol. The summed E-state index contributed by atoms with van der Waals surface area (Å²) in [6.45, 7) is 1.99. The third-order valence-corrected chi connectivity index (χ3v) is 5.14. The van der Waals surface area contributed by atoms with Crippen LogP contribution >= 0.6 is 0 Å². The predicted octanol–water partition coefficient (Wildman–Crippen LogP) is 3.37. The minimum Gasteiger partial charge on any atom is -0.368 e. The van der Waals surface area contributed by atoms with E-state index in [1.165, 1.54) is 0 Å². The molecule has 1 aromatic carbocycles. The summed E-state index contributed by atoms with van der Waals surface area (Å²) in [7, 11) is 0. The molecule has 26 heavy (non-hydrogen) atoms. The second-order valence-corrected chi connectivity index (χ2v) is 7.11. The van der Waals surface area contributed by atoms with Gasteiger partial charge in [0, 0.05) is 17.3 Å². The third-order valence-electron chi connectivity index (χ3n) is 5.14. The van der Waals surface area contributed by atoms with Crippen LogP contribution in [0.2, 0.25) is 0 Å². The Balaban J connectivity index is 1.76. The maximum absolute atomic E-state index is 12.7. The van der Waals surface area contributed by atoms with Gasteiger partial charge in [-0.15, -0.1) is 0 Å². The molecule has 0 saturated heterocycles. The maximum atomic E-state index is 12.7. The summed E-state index contributed by atoms with van der Waals surface area (Å²) in [5, 5.41) is 2.93. The lowest BCUT2D eigenvalue weighted by Crippen LogP contribution is -2.57. The maximum Gasteiger partial charge on any atom is 0.252 e. The molecule has 0 bridgehead atoms. The number of hydrogen-bond acceptors (Lipinski definition) is 3. The Bertz CT molecular complexity index is 774. The van der Waals surface area contributed by atoms with Gasteiger partial charge < -0.3 is 11.1 Å². The fourth-order valence-corrected chi connectivity index (χ4v) is 3.49. The Morgan fingerprint density at radius 3 is 2.19 bits per heavy atom. The van der Waals surface area contributed by atoms with Crippen molar-refractivity contribution >= 4 is 11.8 Å². The number of nitrogens with zero attached hydrogens (tertiary/aromatic N) is 1. The van der Waals surface area contributed by atoms with E-state index >= 15 is 0 Å². The lowest BCUT2D eigenvalue weighted by Gasteiger charge is -2.30. The first-order valence-corrected chi connectivity index (χ1v) is 9.16. The van der Waals surface area contributed by atoms with E-state index < -0.39 is 11.4 Å². The zero-order valence-corrected chi connectivity index (χ0v) is 15.1. The van der Waals surface area contributed by atoms with Gasteiger partial charge in [-0.3, -0.25) is 14.6 Å². The molecule has 5 heteroatoms. The highest BCUT2D eigenvalue weighted by molar-refractivity contribution is 5.99. The van der Waals surface area contributed by atoms with E-state index in [1.54, 1.807) is 12.1 Å². The summed E-state index contributed by atoms with van der Waals surface area (Å²) in [5.41, 5.74) is 8.15. The number of rotatable bonds is 4. The van der Waals surface area contributed by atoms with Crippen LogP contribution in [0.5, 0.6) is 0 Å². The Labute approximate surface area is 154 Å². The molecule has 1 fully saturated rings. The molecule has 136 valence electrons. The molecule has 1 aromatic heterocycles.